The SMILES string of the molecule is CC(=O)[C@H](C)N(C)C(=O)c1ccc(S(N)(=O)=O)cc1. The Labute approximate surface area is 112 Å². The first-order valence-electron chi connectivity index (χ1n) is 5.55. The predicted molar refractivity (Wildman–Crippen MR) is 70.1 cm³/mol. The molecule has 0 aliphatic rings. The normalized spacial score (nSPS) is 12.8. The van der Waals surface area contributed by atoms with E-state index < -0.39 is 16.1 Å². The van der Waals surface area contributed by atoms with Gasteiger partial charge in [0.1, 0.15) is 0 Å². The number of hydrogen-bond acceptors (Lipinski definition) is 4. The molecule has 0 spiro atoms. The quantitative estimate of drug-likeness (QED) is 0.864. The largest absolute Gasteiger partial charge is 0.332 e. The van der Waals surface area contributed by atoms with E-state index in [0.717, 1.165) is 0 Å². The first kappa shape index (κ1) is 15.3. The molecule has 1 aromatic rings. The van der Waals surface area contributed by atoms with Crippen LogP contribution in [0.1, 0.15) is 24.2 Å². The molecule has 0 bridgehead atoms. The van der Waals surface area contributed by atoms with Crippen molar-refractivity contribution < 1.29 is 18.0 Å². The van der Waals surface area contributed by atoms with Gasteiger partial charge in [-0.2, -0.15) is 0 Å². The van der Waals surface area contributed by atoms with Crippen LogP contribution in [0.4, 0.5) is 0 Å². The van der Waals surface area contributed by atoms with Crippen molar-refractivity contribution in [2.45, 2.75) is 24.8 Å². The van der Waals surface area contributed by atoms with E-state index in [1.807, 2.05) is 0 Å². The number of nitrogens with zero attached hydrogens (tertiary/aromatic N) is 1. The van der Waals surface area contributed by atoms with Gasteiger partial charge in [-0.1, -0.05) is 0 Å². The molecule has 0 heterocycles. The highest BCUT2D eigenvalue weighted by atomic mass is 32.2. The van der Waals surface area contributed by atoms with Gasteiger partial charge in [0, 0.05) is 12.6 Å². The number of primary sulfonamides is 1. The summed E-state index contributed by atoms with van der Waals surface area (Å²) in [6, 6.07) is 4.71. The number of carbonyl (C=O) groups is 2. The number of likely N-dealkylation sites (N-methyl/N-ethyl adjacent to an activating group) is 1. The topological polar surface area (TPSA) is 97.5 Å². The minimum atomic E-state index is -3.77. The maximum Gasteiger partial charge on any atom is 0.254 e. The molecule has 1 atom stereocenters. The lowest BCUT2D eigenvalue weighted by molar-refractivity contribution is -0.120. The number of hydrogen-bond donors (Lipinski definition) is 1. The highest BCUT2D eigenvalue weighted by molar-refractivity contribution is 7.89. The molecular formula is C12H16N2O4S. The molecule has 19 heavy (non-hydrogen) atoms. The van der Waals surface area contributed by atoms with E-state index in [2.05, 4.69) is 0 Å². The summed E-state index contributed by atoms with van der Waals surface area (Å²) in [5.41, 5.74) is 0.294. The Bertz CT molecular complexity index is 593. The zero-order valence-electron chi connectivity index (χ0n) is 11.0. The maximum atomic E-state index is 12.0. The van der Waals surface area contributed by atoms with Crippen molar-refractivity contribution in [1.82, 2.24) is 4.90 Å². The average molecular weight is 284 g/mol. The standard InChI is InChI=1S/C12H16N2O4S/c1-8(9(2)15)14(3)12(16)10-4-6-11(7-5-10)19(13,17)18/h4-8H,1-3H3,(H2,13,17,18)/t8-/m0/s1. The molecule has 1 aromatic carbocycles. The van der Waals surface area contributed by atoms with Crippen LogP contribution >= 0.6 is 0 Å². The lowest BCUT2D eigenvalue weighted by Crippen LogP contribution is -2.39. The molecule has 0 aliphatic carbocycles. The third-order valence-corrected chi connectivity index (χ3v) is 3.85. The highest BCUT2D eigenvalue weighted by Gasteiger charge is 2.20. The van der Waals surface area contributed by atoms with Gasteiger partial charge in [-0.05, 0) is 38.1 Å². The third kappa shape index (κ3) is 3.62. The number of nitrogens with two attached hydrogens (primary N) is 1. The Morgan fingerprint density at radius 2 is 1.68 bits per heavy atom. The van der Waals surface area contributed by atoms with E-state index >= 15 is 0 Å². The van der Waals surface area contributed by atoms with Crippen molar-refractivity contribution in [3.05, 3.63) is 29.8 Å². The molecule has 1 rings (SSSR count). The third-order valence-electron chi connectivity index (χ3n) is 2.92. The fourth-order valence-corrected chi connectivity index (χ4v) is 1.95. The Balaban J connectivity index is 2.99. The summed E-state index contributed by atoms with van der Waals surface area (Å²) in [5, 5.41) is 4.96. The number of benzene rings is 1. The summed E-state index contributed by atoms with van der Waals surface area (Å²) in [7, 11) is -2.26. The zero-order valence-corrected chi connectivity index (χ0v) is 11.8. The van der Waals surface area contributed by atoms with Crippen LogP contribution in [-0.4, -0.2) is 38.1 Å². The smallest absolute Gasteiger partial charge is 0.254 e. The van der Waals surface area contributed by atoms with Crippen molar-refractivity contribution in [3.8, 4) is 0 Å². The maximum absolute atomic E-state index is 12.0. The van der Waals surface area contributed by atoms with Crippen LogP contribution in [0.5, 0.6) is 0 Å². The number of ketones is 1. The molecule has 2 N–H and O–H groups in total. The molecule has 7 heteroatoms. The molecule has 0 aromatic heterocycles. The van der Waals surface area contributed by atoms with Gasteiger partial charge in [-0.25, -0.2) is 13.6 Å². The molecule has 0 saturated heterocycles. The highest BCUT2D eigenvalue weighted by Crippen LogP contribution is 2.11. The van der Waals surface area contributed by atoms with Crippen molar-refractivity contribution in [2.75, 3.05) is 7.05 Å². The molecule has 0 aliphatic heterocycles. The predicted octanol–water partition coefficient (Wildman–Crippen LogP) is 0.384. The van der Waals surface area contributed by atoms with Crippen LogP contribution in [0.15, 0.2) is 29.2 Å². The monoisotopic (exact) mass is 284 g/mol. The van der Waals surface area contributed by atoms with E-state index in [4.69, 9.17) is 5.14 Å². The molecule has 104 valence electrons. The lowest BCUT2D eigenvalue weighted by Gasteiger charge is -2.22. The second kappa shape index (κ2) is 5.50. The first-order valence-corrected chi connectivity index (χ1v) is 7.09. The van der Waals surface area contributed by atoms with E-state index in [1.54, 1.807) is 6.92 Å². The van der Waals surface area contributed by atoms with Gasteiger partial charge in [0.05, 0.1) is 10.9 Å². The fourth-order valence-electron chi connectivity index (χ4n) is 1.44. The van der Waals surface area contributed by atoms with Crippen molar-refractivity contribution in [2.24, 2.45) is 5.14 Å². The summed E-state index contributed by atoms with van der Waals surface area (Å²) in [6.45, 7) is 3.03. The number of carbonyl (C=O) groups excluding carboxylic acids is 2. The van der Waals surface area contributed by atoms with Gasteiger partial charge in [-0.3, -0.25) is 9.59 Å². The summed E-state index contributed by atoms with van der Waals surface area (Å²) in [5.74, 6) is -0.485. The van der Waals surface area contributed by atoms with Crippen LogP contribution in [0.25, 0.3) is 0 Å². The van der Waals surface area contributed by atoms with Gasteiger partial charge >= 0.3 is 0 Å². The van der Waals surface area contributed by atoms with Gasteiger partial charge in [-0.15, -0.1) is 0 Å². The second-order valence-corrected chi connectivity index (χ2v) is 5.83. The molecule has 1 amide bonds. The van der Waals surface area contributed by atoms with E-state index in [1.165, 1.54) is 43.1 Å². The van der Waals surface area contributed by atoms with Crippen molar-refractivity contribution >= 4 is 21.7 Å². The number of sulfonamides is 1. The molecule has 6 nitrogen and oxygen atoms in total. The molecule has 0 saturated carbocycles. The van der Waals surface area contributed by atoms with E-state index in [0.29, 0.717) is 5.56 Å². The van der Waals surface area contributed by atoms with Crippen LogP contribution in [0, 0.1) is 0 Å². The number of rotatable bonds is 4. The van der Waals surface area contributed by atoms with Crippen molar-refractivity contribution in [1.29, 1.82) is 0 Å². The Hall–Kier alpha value is -1.73. The molecule has 0 fully saturated rings. The minimum absolute atomic E-state index is 0.0636. The molecule has 0 radical (unpaired) electrons. The average Bonchev–Trinajstić information content (AvgIpc) is 2.35. The fraction of sp³-hybridized carbons (Fsp3) is 0.333. The van der Waals surface area contributed by atoms with Gasteiger partial charge in [0.25, 0.3) is 5.91 Å². The van der Waals surface area contributed by atoms with Crippen LogP contribution in [-0.2, 0) is 14.8 Å². The molecule has 0 unspecified atom stereocenters. The second-order valence-electron chi connectivity index (χ2n) is 4.27. The molecular weight excluding hydrogens is 268 g/mol. The van der Waals surface area contributed by atoms with E-state index in [9.17, 15) is 18.0 Å². The number of Topliss-reactive ketones (excluding diaryl/α,β-unsaturated/α-hetero) is 1. The van der Waals surface area contributed by atoms with Gasteiger partial charge in [0.2, 0.25) is 10.0 Å². The van der Waals surface area contributed by atoms with Crippen molar-refractivity contribution in [3.63, 3.8) is 0 Å². The Morgan fingerprint density at radius 3 is 2.05 bits per heavy atom. The van der Waals surface area contributed by atoms with Crippen LogP contribution in [0.3, 0.4) is 0 Å². The summed E-state index contributed by atoms with van der Waals surface area (Å²) in [6.07, 6.45) is 0. The van der Waals surface area contributed by atoms with E-state index in [-0.39, 0.29) is 16.6 Å². The Morgan fingerprint density at radius 1 is 1.21 bits per heavy atom. The summed E-state index contributed by atoms with van der Waals surface area (Å²) < 4.78 is 22.2. The number of amides is 1. The van der Waals surface area contributed by atoms with Gasteiger partial charge < -0.3 is 4.90 Å². The summed E-state index contributed by atoms with van der Waals surface area (Å²) >= 11 is 0. The van der Waals surface area contributed by atoms with Crippen LogP contribution < -0.4 is 5.14 Å². The first-order chi connectivity index (χ1) is 8.64. The minimum Gasteiger partial charge on any atom is -0.332 e. The van der Waals surface area contributed by atoms with Gasteiger partial charge in [0.15, 0.2) is 5.78 Å². The Kier molecular flexibility index (Phi) is 4.43. The lowest BCUT2D eigenvalue weighted by atomic mass is 10.1. The van der Waals surface area contributed by atoms with Crippen LogP contribution in [0.2, 0.25) is 0 Å². The summed E-state index contributed by atoms with van der Waals surface area (Å²) in [4.78, 5) is 24.5. The zero-order chi connectivity index (χ0) is 14.8.